The standard InChI is InChI=1S/C14H16OS/c1-2-3-4-7-11-10-13(15)12-8-5-6-9-14(12)16-11/h5-9H,2-4,10H2,1H3. The quantitative estimate of drug-likeness (QED) is 0.717. The summed E-state index contributed by atoms with van der Waals surface area (Å²) in [7, 11) is 0. The number of fused-ring (bicyclic) bond motifs is 1. The molecule has 0 fully saturated rings. The molecule has 0 saturated heterocycles. The highest BCUT2D eigenvalue weighted by atomic mass is 32.2. The van der Waals surface area contributed by atoms with Crippen LogP contribution in [0.2, 0.25) is 0 Å². The van der Waals surface area contributed by atoms with E-state index in [4.69, 9.17) is 0 Å². The van der Waals surface area contributed by atoms with Crippen molar-refractivity contribution in [3.05, 3.63) is 40.8 Å². The van der Waals surface area contributed by atoms with Gasteiger partial charge in [-0.15, -0.1) is 0 Å². The van der Waals surface area contributed by atoms with E-state index in [1.807, 2.05) is 24.3 Å². The third-order valence-corrected chi connectivity index (χ3v) is 3.84. The molecule has 2 rings (SSSR count). The highest BCUT2D eigenvalue weighted by molar-refractivity contribution is 8.03. The molecule has 0 N–H and O–H groups in total. The van der Waals surface area contributed by atoms with Crippen molar-refractivity contribution >= 4 is 17.5 Å². The number of hydrogen-bond donors (Lipinski definition) is 0. The second-order valence-corrected chi connectivity index (χ2v) is 5.18. The van der Waals surface area contributed by atoms with Crippen LogP contribution < -0.4 is 0 Å². The number of carbonyl (C=O) groups excluding carboxylic acids is 1. The monoisotopic (exact) mass is 232 g/mol. The van der Waals surface area contributed by atoms with E-state index in [1.165, 1.54) is 17.7 Å². The van der Waals surface area contributed by atoms with Crippen LogP contribution >= 0.6 is 11.8 Å². The molecule has 16 heavy (non-hydrogen) atoms. The van der Waals surface area contributed by atoms with Gasteiger partial charge in [0, 0.05) is 16.9 Å². The minimum Gasteiger partial charge on any atom is -0.294 e. The van der Waals surface area contributed by atoms with Crippen LogP contribution in [0.5, 0.6) is 0 Å². The molecule has 0 saturated carbocycles. The van der Waals surface area contributed by atoms with Gasteiger partial charge >= 0.3 is 0 Å². The summed E-state index contributed by atoms with van der Waals surface area (Å²) < 4.78 is 0. The average molecular weight is 232 g/mol. The number of thioether (sulfide) groups is 1. The van der Waals surface area contributed by atoms with E-state index in [0.717, 1.165) is 16.9 Å². The topological polar surface area (TPSA) is 17.1 Å². The first kappa shape index (κ1) is 11.5. The maximum absolute atomic E-state index is 11.9. The minimum absolute atomic E-state index is 0.261. The predicted molar refractivity (Wildman–Crippen MR) is 68.9 cm³/mol. The van der Waals surface area contributed by atoms with Crippen molar-refractivity contribution in [3.8, 4) is 0 Å². The number of Topliss-reactive ketones (excluding diaryl/α,β-unsaturated/α-hetero) is 1. The number of hydrogen-bond acceptors (Lipinski definition) is 2. The molecule has 0 radical (unpaired) electrons. The van der Waals surface area contributed by atoms with E-state index in [2.05, 4.69) is 13.0 Å². The van der Waals surface area contributed by atoms with Gasteiger partial charge in [0.15, 0.2) is 5.78 Å². The summed E-state index contributed by atoms with van der Waals surface area (Å²) in [5, 5.41) is 0. The molecule has 0 spiro atoms. The molecular weight excluding hydrogens is 216 g/mol. The number of unbranched alkanes of at least 4 members (excludes halogenated alkanes) is 2. The molecule has 0 amide bonds. The van der Waals surface area contributed by atoms with E-state index >= 15 is 0 Å². The normalized spacial score (nSPS) is 17.6. The Morgan fingerprint density at radius 2 is 2.19 bits per heavy atom. The Morgan fingerprint density at radius 3 is 3.00 bits per heavy atom. The third kappa shape index (κ3) is 2.56. The van der Waals surface area contributed by atoms with Crippen molar-refractivity contribution in [1.29, 1.82) is 0 Å². The fourth-order valence-corrected chi connectivity index (χ4v) is 2.92. The van der Waals surface area contributed by atoms with Gasteiger partial charge in [0.1, 0.15) is 0 Å². The van der Waals surface area contributed by atoms with Crippen LogP contribution in [-0.2, 0) is 0 Å². The largest absolute Gasteiger partial charge is 0.294 e. The second kappa shape index (κ2) is 5.35. The molecule has 1 aliphatic rings. The van der Waals surface area contributed by atoms with Crippen LogP contribution in [-0.4, -0.2) is 5.78 Å². The number of ketones is 1. The molecule has 0 atom stereocenters. The Balaban J connectivity index is 2.15. The van der Waals surface area contributed by atoms with Crippen LogP contribution in [0.15, 0.2) is 40.1 Å². The van der Waals surface area contributed by atoms with Crippen molar-refractivity contribution in [2.75, 3.05) is 0 Å². The maximum Gasteiger partial charge on any atom is 0.168 e. The lowest BCUT2D eigenvalue weighted by Gasteiger charge is -2.16. The molecule has 0 unspecified atom stereocenters. The van der Waals surface area contributed by atoms with Crippen LogP contribution in [0.1, 0.15) is 43.0 Å². The third-order valence-electron chi connectivity index (χ3n) is 2.69. The first-order valence-corrected chi connectivity index (χ1v) is 6.62. The Bertz CT molecular complexity index is 420. The van der Waals surface area contributed by atoms with Crippen LogP contribution in [0, 0.1) is 0 Å². The fourth-order valence-electron chi connectivity index (χ4n) is 1.80. The van der Waals surface area contributed by atoms with Gasteiger partial charge in [-0.1, -0.05) is 55.8 Å². The van der Waals surface area contributed by atoms with Crippen molar-refractivity contribution in [3.63, 3.8) is 0 Å². The lowest BCUT2D eigenvalue weighted by atomic mass is 10.1. The van der Waals surface area contributed by atoms with E-state index in [0.29, 0.717) is 6.42 Å². The summed E-state index contributed by atoms with van der Waals surface area (Å²) in [4.78, 5) is 14.2. The zero-order chi connectivity index (χ0) is 11.4. The van der Waals surface area contributed by atoms with Crippen molar-refractivity contribution in [2.45, 2.75) is 37.5 Å². The zero-order valence-electron chi connectivity index (χ0n) is 9.53. The SMILES string of the molecule is CCCCC=C1CC(=O)c2ccccc2S1. The zero-order valence-corrected chi connectivity index (χ0v) is 10.3. The summed E-state index contributed by atoms with van der Waals surface area (Å²) in [5.41, 5.74) is 0.889. The molecule has 1 nitrogen and oxygen atoms in total. The van der Waals surface area contributed by atoms with Crippen LogP contribution in [0.4, 0.5) is 0 Å². The Labute approximate surface area is 101 Å². The van der Waals surface area contributed by atoms with E-state index in [1.54, 1.807) is 11.8 Å². The van der Waals surface area contributed by atoms with Gasteiger partial charge in [-0.05, 0) is 17.4 Å². The number of benzene rings is 1. The van der Waals surface area contributed by atoms with E-state index in [-0.39, 0.29) is 5.78 Å². The molecule has 1 aromatic carbocycles. The molecule has 2 heteroatoms. The maximum atomic E-state index is 11.9. The molecule has 0 aliphatic carbocycles. The van der Waals surface area contributed by atoms with Crippen molar-refractivity contribution in [1.82, 2.24) is 0 Å². The number of allylic oxidation sites excluding steroid dienone is 2. The molecular formula is C14H16OS. The van der Waals surface area contributed by atoms with Gasteiger partial charge < -0.3 is 0 Å². The molecule has 0 bridgehead atoms. The molecule has 1 heterocycles. The smallest absolute Gasteiger partial charge is 0.168 e. The van der Waals surface area contributed by atoms with E-state index < -0.39 is 0 Å². The lowest BCUT2D eigenvalue weighted by molar-refractivity contribution is 0.0990. The summed E-state index contributed by atoms with van der Waals surface area (Å²) in [5.74, 6) is 0.261. The first-order chi connectivity index (χ1) is 7.81. The molecule has 0 aromatic heterocycles. The Kier molecular flexibility index (Phi) is 3.83. The molecule has 1 aliphatic heterocycles. The van der Waals surface area contributed by atoms with Crippen LogP contribution in [0.3, 0.4) is 0 Å². The summed E-state index contributed by atoms with van der Waals surface area (Å²) in [6.07, 6.45) is 6.32. The predicted octanol–water partition coefficient (Wildman–Crippen LogP) is 4.44. The van der Waals surface area contributed by atoms with E-state index in [9.17, 15) is 4.79 Å². The fraction of sp³-hybridized carbons (Fsp3) is 0.357. The van der Waals surface area contributed by atoms with Gasteiger partial charge in [0.25, 0.3) is 0 Å². The highest BCUT2D eigenvalue weighted by Crippen LogP contribution is 2.37. The van der Waals surface area contributed by atoms with Gasteiger partial charge in [0.05, 0.1) is 0 Å². The average Bonchev–Trinajstić information content (AvgIpc) is 2.30. The first-order valence-electron chi connectivity index (χ1n) is 5.80. The van der Waals surface area contributed by atoms with Crippen molar-refractivity contribution in [2.24, 2.45) is 0 Å². The summed E-state index contributed by atoms with van der Waals surface area (Å²) in [6.45, 7) is 2.19. The van der Waals surface area contributed by atoms with Gasteiger partial charge in [-0.25, -0.2) is 0 Å². The molecule has 84 valence electrons. The summed E-state index contributed by atoms with van der Waals surface area (Å²) in [6, 6.07) is 7.88. The van der Waals surface area contributed by atoms with Gasteiger partial charge in [-0.3, -0.25) is 4.79 Å². The Hall–Kier alpha value is -1.02. The van der Waals surface area contributed by atoms with Crippen molar-refractivity contribution < 1.29 is 4.79 Å². The highest BCUT2D eigenvalue weighted by Gasteiger charge is 2.20. The lowest BCUT2D eigenvalue weighted by Crippen LogP contribution is -2.06. The summed E-state index contributed by atoms with van der Waals surface area (Å²) >= 11 is 1.75. The van der Waals surface area contributed by atoms with Crippen LogP contribution in [0.25, 0.3) is 0 Å². The minimum atomic E-state index is 0.261. The number of rotatable bonds is 3. The second-order valence-electron chi connectivity index (χ2n) is 4.01. The Morgan fingerprint density at radius 1 is 1.38 bits per heavy atom. The van der Waals surface area contributed by atoms with Gasteiger partial charge in [0.2, 0.25) is 0 Å². The number of carbonyl (C=O) groups is 1. The van der Waals surface area contributed by atoms with Gasteiger partial charge in [-0.2, -0.15) is 0 Å². The molecule has 1 aromatic rings.